The summed E-state index contributed by atoms with van der Waals surface area (Å²) in [7, 11) is 0. The molecule has 1 aromatic rings. The number of pyridine rings is 1. The molecule has 1 aliphatic heterocycles. The summed E-state index contributed by atoms with van der Waals surface area (Å²) < 4.78 is 0. The minimum absolute atomic E-state index is 0.367. The molecule has 2 fully saturated rings. The molecule has 1 aromatic heterocycles. The fourth-order valence-corrected chi connectivity index (χ4v) is 2.87. The van der Waals surface area contributed by atoms with Crippen LogP contribution in [0.3, 0.4) is 0 Å². The second kappa shape index (κ2) is 5.09. The zero-order chi connectivity index (χ0) is 12.4. The highest BCUT2D eigenvalue weighted by Gasteiger charge is 2.37. The Hall–Kier alpha value is -1.38. The first kappa shape index (κ1) is 11.7. The quantitative estimate of drug-likeness (QED) is 0.815. The predicted molar refractivity (Wildman–Crippen MR) is 70.0 cm³/mol. The summed E-state index contributed by atoms with van der Waals surface area (Å²) in [6.07, 6.45) is 10.4. The Labute approximate surface area is 108 Å². The highest BCUT2D eigenvalue weighted by molar-refractivity contribution is 5.81. The summed E-state index contributed by atoms with van der Waals surface area (Å²) >= 11 is 0. The van der Waals surface area contributed by atoms with Gasteiger partial charge in [-0.25, -0.2) is 0 Å². The van der Waals surface area contributed by atoms with Crippen LogP contribution >= 0.6 is 0 Å². The van der Waals surface area contributed by atoms with E-state index in [1.807, 2.05) is 12.4 Å². The molecule has 0 aromatic carbocycles. The van der Waals surface area contributed by atoms with E-state index in [4.69, 9.17) is 0 Å². The molecule has 1 amide bonds. The van der Waals surface area contributed by atoms with Crippen molar-refractivity contribution >= 4 is 5.91 Å². The molecule has 0 bridgehead atoms. The Kier molecular flexibility index (Phi) is 3.31. The summed E-state index contributed by atoms with van der Waals surface area (Å²) in [6.45, 7) is 0.982. The molecule has 0 spiro atoms. The van der Waals surface area contributed by atoms with Crippen molar-refractivity contribution in [2.45, 2.75) is 44.6 Å². The Bertz CT molecular complexity index is 414. The van der Waals surface area contributed by atoms with Gasteiger partial charge < -0.3 is 4.90 Å². The predicted octanol–water partition coefficient (Wildman–Crippen LogP) is 2.42. The molecule has 2 aliphatic rings. The van der Waals surface area contributed by atoms with Crippen LogP contribution in [0.15, 0.2) is 24.5 Å². The third-order valence-electron chi connectivity index (χ3n) is 4.10. The zero-order valence-corrected chi connectivity index (χ0v) is 10.7. The number of rotatable bonds is 4. The molecule has 3 heteroatoms. The number of hydrogen-bond donors (Lipinski definition) is 0. The van der Waals surface area contributed by atoms with Crippen LogP contribution in [-0.2, 0) is 11.2 Å². The molecule has 0 N–H and O–H groups in total. The molecule has 1 atom stereocenters. The van der Waals surface area contributed by atoms with Gasteiger partial charge >= 0.3 is 0 Å². The van der Waals surface area contributed by atoms with Crippen LogP contribution in [0.4, 0.5) is 0 Å². The number of carbonyl (C=O) groups excluding carboxylic acids is 1. The molecule has 3 rings (SSSR count). The van der Waals surface area contributed by atoms with Gasteiger partial charge in [-0.15, -0.1) is 0 Å². The van der Waals surface area contributed by atoms with E-state index in [0.29, 0.717) is 17.9 Å². The maximum absolute atomic E-state index is 12.1. The lowest BCUT2D eigenvalue weighted by Crippen LogP contribution is -2.36. The van der Waals surface area contributed by atoms with E-state index in [1.54, 1.807) is 0 Å². The summed E-state index contributed by atoms with van der Waals surface area (Å²) in [4.78, 5) is 18.3. The average Bonchev–Trinajstić information content (AvgIpc) is 3.15. The van der Waals surface area contributed by atoms with Crippen molar-refractivity contribution in [3.05, 3.63) is 30.1 Å². The number of carbonyl (C=O) groups is 1. The van der Waals surface area contributed by atoms with Crippen LogP contribution in [-0.4, -0.2) is 28.4 Å². The molecular formula is C15H20N2O. The average molecular weight is 244 g/mol. The topological polar surface area (TPSA) is 33.2 Å². The van der Waals surface area contributed by atoms with Crippen LogP contribution in [0, 0.1) is 5.92 Å². The smallest absolute Gasteiger partial charge is 0.225 e. The molecule has 2 heterocycles. The number of likely N-dealkylation sites (tertiary alicyclic amines) is 1. The van der Waals surface area contributed by atoms with Gasteiger partial charge in [0.1, 0.15) is 0 Å². The SMILES string of the molecule is O=C(C1CC1)N1CCC[C@H]1CCc1ccncc1. The first-order chi connectivity index (χ1) is 8.84. The fraction of sp³-hybridized carbons (Fsp3) is 0.600. The van der Waals surface area contributed by atoms with Crippen molar-refractivity contribution in [3.63, 3.8) is 0 Å². The van der Waals surface area contributed by atoms with Gasteiger partial charge in [0.25, 0.3) is 0 Å². The fourth-order valence-electron chi connectivity index (χ4n) is 2.87. The van der Waals surface area contributed by atoms with Crippen molar-refractivity contribution in [2.75, 3.05) is 6.54 Å². The lowest BCUT2D eigenvalue weighted by atomic mass is 10.0. The third kappa shape index (κ3) is 2.55. The number of amides is 1. The van der Waals surface area contributed by atoms with Gasteiger partial charge in [-0.2, -0.15) is 0 Å². The van der Waals surface area contributed by atoms with E-state index >= 15 is 0 Å². The first-order valence-electron chi connectivity index (χ1n) is 7.04. The van der Waals surface area contributed by atoms with Crippen LogP contribution in [0.2, 0.25) is 0 Å². The van der Waals surface area contributed by atoms with E-state index in [-0.39, 0.29) is 0 Å². The second-order valence-electron chi connectivity index (χ2n) is 5.50. The maximum Gasteiger partial charge on any atom is 0.225 e. The van der Waals surface area contributed by atoms with Crippen molar-refractivity contribution < 1.29 is 4.79 Å². The lowest BCUT2D eigenvalue weighted by Gasteiger charge is -2.24. The summed E-state index contributed by atoms with van der Waals surface area (Å²) in [6, 6.07) is 4.62. The monoisotopic (exact) mass is 244 g/mol. The van der Waals surface area contributed by atoms with Crippen molar-refractivity contribution in [2.24, 2.45) is 5.92 Å². The van der Waals surface area contributed by atoms with Crippen LogP contribution in [0.25, 0.3) is 0 Å². The summed E-state index contributed by atoms with van der Waals surface area (Å²) in [5, 5.41) is 0. The van der Waals surface area contributed by atoms with E-state index in [1.165, 1.54) is 18.4 Å². The Balaban J connectivity index is 1.56. The first-order valence-corrected chi connectivity index (χ1v) is 7.04. The molecular weight excluding hydrogens is 224 g/mol. The van der Waals surface area contributed by atoms with Gasteiger partial charge in [-0.3, -0.25) is 9.78 Å². The van der Waals surface area contributed by atoms with Gasteiger partial charge in [0.05, 0.1) is 0 Å². The standard InChI is InChI=1S/C15H20N2O/c18-15(13-4-5-13)17-11-1-2-14(17)6-3-12-7-9-16-10-8-12/h7-10,13-14H,1-6,11H2/t14-/m0/s1. The minimum Gasteiger partial charge on any atom is -0.339 e. The van der Waals surface area contributed by atoms with Gasteiger partial charge in [-0.05, 0) is 56.2 Å². The van der Waals surface area contributed by atoms with E-state index < -0.39 is 0 Å². The number of aromatic nitrogens is 1. The Morgan fingerprint density at radius 3 is 2.78 bits per heavy atom. The van der Waals surface area contributed by atoms with Gasteiger partial charge in [0.15, 0.2) is 0 Å². The van der Waals surface area contributed by atoms with Gasteiger partial charge in [0, 0.05) is 30.9 Å². The molecule has 0 radical (unpaired) electrons. The number of aryl methyl sites for hydroxylation is 1. The largest absolute Gasteiger partial charge is 0.339 e. The minimum atomic E-state index is 0.367. The van der Waals surface area contributed by atoms with E-state index in [9.17, 15) is 4.79 Å². The molecule has 18 heavy (non-hydrogen) atoms. The van der Waals surface area contributed by atoms with E-state index in [2.05, 4.69) is 22.0 Å². The zero-order valence-electron chi connectivity index (χ0n) is 10.7. The molecule has 1 aliphatic carbocycles. The number of nitrogens with zero attached hydrogens (tertiary/aromatic N) is 2. The molecule has 0 unspecified atom stereocenters. The van der Waals surface area contributed by atoms with Crippen LogP contribution in [0.5, 0.6) is 0 Å². The Morgan fingerprint density at radius 2 is 2.06 bits per heavy atom. The van der Waals surface area contributed by atoms with Crippen molar-refractivity contribution in [3.8, 4) is 0 Å². The van der Waals surface area contributed by atoms with Gasteiger partial charge in [-0.1, -0.05) is 0 Å². The van der Waals surface area contributed by atoms with Crippen molar-refractivity contribution in [1.29, 1.82) is 0 Å². The van der Waals surface area contributed by atoms with E-state index in [0.717, 1.165) is 32.2 Å². The number of hydrogen-bond acceptors (Lipinski definition) is 2. The lowest BCUT2D eigenvalue weighted by molar-refractivity contribution is -0.133. The normalized spacial score (nSPS) is 23.3. The second-order valence-corrected chi connectivity index (χ2v) is 5.50. The molecule has 96 valence electrons. The molecule has 3 nitrogen and oxygen atoms in total. The van der Waals surface area contributed by atoms with Crippen molar-refractivity contribution in [1.82, 2.24) is 9.88 Å². The van der Waals surface area contributed by atoms with Crippen LogP contribution in [0.1, 0.15) is 37.7 Å². The summed E-state index contributed by atoms with van der Waals surface area (Å²) in [5.74, 6) is 0.791. The summed E-state index contributed by atoms with van der Waals surface area (Å²) in [5.41, 5.74) is 1.33. The maximum atomic E-state index is 12.1. The Morgan fingerprint density at radius 1 is 1.28 bits per heavy atom. The van der Waals surface area contributed by atoms with Crippen LogP contribution < -0.4 is 0 Å². The third-order valence-corrected chi connectivity index (χ3v) is 4.10. The molecule has 1 saturated heterocycles. The molecule has 1 saturated carbocycles. The van der Waals surface area contributed by atoms with Gasteiger partial charge in [0.2, 0.25) is 5.91 Å². The highest BCUT2D eigenvalue weighted by Crippen LogP contribution is 2.34. The highest BCUT2D eigenvalue weighted by atomic mass is 16.2.